The van der Waals surface area contributed by atoms with Gasteiger partial charge in [0, 0.05) is 0 Å². The second-order valence-electron chi connectivity index (χ2n) is 5.44. The minimum atomic E-state index is -0.613. The van der Waals surface area contributed by atoms with Crippen LogP contribution >= 0.6 is 0 Å². The van der Waals surface area contributed by atoms with Gasteiger partial charge in [0.15, 0.2) is 0 Å². The van der Waals surface area contributed by atoms with Gasteiger partial charge in [-0.25, -0.2) is 4.79 Å². The Hall–Kier alpha value is -2.04. The Morgan fingerprint density at radius 1 is 1.30 bits per heavy atom. The summed E-state index contributed by atoms with van der Waals surface area (Å²) in [5.74, 6) is 0.747. The van der Waals surface area contributed by atoms with Crippen molar-refractivity contribution in [1.29, 1.82) is 0 Å². The number of amides is 1. The number of carbonyl (C=O) groups excluding carboxylic acids is 2. The Labute approximate surface area is 119 Å². The van der Waals surface area contributed by atoms with Crippen LogP contribution < -0.4 is 10.1 Å². The molecule has 1 amide bonds. The first kappa shape index (κ1) is 16.0. The van der Waals surface area contributed by atoms with Crippen LogP contribution in [0.3, 0.4) is 0 Å². The van der Waals surface area contributed by atoms with Gasteiger partial charge in [-0.3, -0.25) is 0 Å². The van der Waals surface area contributed by atoms with Crippen LogP contribution in [-0.2, 0) is 16.0 Å². The molecule has 5 heteroatoms. The molecule has 1 N–H and O–H groups in total. The van der Waals surface area contributed by atoms with Crippen molar-refractivity contribution in [2.45, 2.75) is 38.8 Å². The van der Waals surface area contributed by atoms with E-state index in [1.807, 2.05) is 24.3 Å². The van der Waals surface area contributed by atoms with Gasteiger partial charge in [0.25, 0.3) is 0 Å². The van der Waals surface area contributed by atoms with Crippen molar-refractivity contribution in [1.82, 2.24) is 5.32 Å². The zero-order chi connectivity index (χ0) is 15.2. The molecule has 20 heavy (non-hydrogen) atoms. The summed E-state index contributed by atoms with van der Waals surface area (Å²) in [6, 6.07) is 6.71. The second-order valence-corrected chi connectivity index (χ2v) is 5.44. The first-order valence-corrected chi connectivity index (χ1v) is 6.42. The van der Waals surface area contributed by atoms with Crippen LogP contribution in [0.2, 0.25) is 0 Å². The molecule has 0 bridgehead atoms. The smallest absolute Gasteiger partial charge is 0.408 e. The maximum absolute atomic E-state index is 11.6. The molecule has 1 atom stereocenters. The molecule has 0 spiro atoms. The molecular weight excluding hydrogens is 258 g/mol. The third-order valence-electron chi connectivity index (χ3n) is 2.48. The molecule has 0 aliphatic heterocycles. The van der Waals surface area contributed by atoms with Gasteiger partial charge in [-0.1, -0.05) is 12.1 Å². The highest BCUT2D eigenvalue weighted by Gasteiger charge is 2.19. The van der Waals surface area contributed by atoms with Crippen molar-refractivity contribution < 1.29 is 19.1 Å². The average molecular weight is 279 g/mol. The SMILES string of the molecule is COc1ccc(C[C@H](C=O)NC(=O)OC(C)(C)C)cc1. The molecule has 1 rings (SSSR count). The van der Waals surface area contributed by atoms with Crippen LogP contribution in [0.25, 0.3) is 0 Å². The van der Waals surface area contributed by atoms with Crippen molar-refractivity contribution >= 4 is 12.4 Å². The van der Waals surface area contributed by atoms with E-state index in [4.69, 9.17) is 9.47 Å². The highest BCUT2D eigenvalue weighted by Crippen LogP contribution is 2.13. The second kappa shape index (κ2) is 6.93. The predicted molar refractivity (Wildman–Crippen MR) is 75.9 cm³/mol. The van der Waals surface area contributed by atoms with Crippen molar-refractivity contribution in [3.63, 3.8) is 0 Å². The number of benzene rings is 1. The van der Waals surface area contributed by atoms with Crippen molar-refractivity contribution in [3.8, 4) is 5.75 Å². The standard InChI is InChI=1S/C15H21NO4/c1-15(2,3)20-14(18)16-12(10-17)9-11-5-7-13(19-4)8-6-11/h5-8,10,12H,9H2,1-4H3,(H,16,18)/t12-/m1/s1. The summed E-state index contributed by atoms with van der Waals surface area (Å²) in [7, 11) is 1.59. The molecular formula is C15H21NO4. The lowest BCUT2D eigenvalue weighted by Gasteiger charge is -2.21. The van der Waals surface area contributed by atoms with E-state index in [1.165, 1.54) is 0 Å². The van der Waals surface area contributed by atoms with Gasteiger partial charge in [-0.05, 0) is 44.9 Å². The Morgan fingerprint density at radius 2 is 1.90 bits per heavy atom. The first-order chi connectivity index (χ1) is 9.34. The third-order valence-corrected chi connectivity index (χ3v) is 2.48. The summed E-state index contributed by atoms with van der Waals surface area (Å²) in [6.45, 7) is 5.31. The normalized spacial score (nSPS) is 12.4. The number of hydrogen-bond acceptors (Lipinski definition) is 4. The van der Waals surface area contributed by atoms with Crippen LogP contribution in [0.4, 0.5) is 4.79 Å². The number of carbonyl (C=O) groups is 2. The van der Waals surface area contributed by atoms with Crippen molar-refractivity contribution in [2.75, 3.05) is 7.11 Å². The fourth-order valence-corrected chi connectivity index (χ4v) is 1.61. The Balaban J connectivity index is 2.58. The molecule has 1 aromatic rings. The fraction of sp³-hybridized carbons (Fsp3) is 0.467. The Bertz CT molecular complexity index is 448. The molecule has 0 saturated heterocycles. The molecule has 5 nitrogen and oxygen atoms in total. The zero-order valence-electron chi connectivity index (χ0n) is 12.3. The van der Waals surface area contributed by atoms with Crippen LogP contribution in [0.5, 0.6) is 5.75 Å². The Morgan fingerprint density at radius 3 is 2.35 bits per heavy atom. The van der Waals surface area contributed by atoms with E-state index in [0.717, 1.165) is 11.3 Å². The lowest BCUT2D eigenvalue weighted by atomic mass is 10.1. The van der Waals surface area contributed by atoms with Gasteiger partial charge in [0.05, 0.1) is 13.2 Å². The van der Waals surface area contributed by atoms with E-state index >= 15 is 0 Å². The van der Waals surface area contributed by atoms with Crippen LogP contribution in [-0.4, -0.2) is 31.1 Å². The minimum Gasteiger partial charge on any atom is -0.497 e. The summed E-state index contributed by atoms with van der Waals surface area (Å²) in [5, 5.41) is 2.54. The highest BCUT2D eigenvalue weighted by molar-refractivity contribution is 5.73. The van der Waals surface area contributed by atoms with Gasteiger partial charge in [-0.2, -0.15) is 0 Å². The van der Waals surface area contributed by atoms with Crippen LogP contribution in [0.15, 0.2) is 24.3 Å². The zero-order valence-corrected chi connectivity index (χ0v) is 12.3. The lowest BCUT2D eigenvalue weighted by molar-refractivity contribution is -0.109. The molecule has 0 aromatic heterocycles. The quantitative estimate of drug-likeness (QED) is 0.840. The molecule has 0 saturated carbocycles. The molecule has 1 aromatic carbocycles. The summed E-state index contributed by atoms with van der Waals surface area (Å²) in [6.07, 6.45) is 0.518. The first-order valence-electron chi connectivity index (χ1n) is 6.42. The summed E-state index contributed by atoms with van der Waals surface area (Å²) < 4.78 is 10.2. The topological polar surface area (TPSA) is 64.6 Å². The van der Waals surface area contributed by atoms with E-state index < -0.39 is 17.7 Å². The lowest BCUT2D eigenvalue weighted by Crippen LogP contribution is -2.41. The summed E-state index contributed by atoms with van der Waals surface area (Å²) in [5.41, 5.74) is 0.344. The Kier molecular flexibility index (Phi) is 5.55. The van der Waals surface area contributed by atoms with Gasteiger partial charge in [0.1, 0.15) is 17.6 Å². The summed E-state index contributed by atoms with van der Waals surface area (Å²) in [4.78, 5) is 22.6. The van der Waals surface area contributed by atoms with Crippen LogP contribution in [0, 0.1) is 0 Å². The van der Waals surface area contributed by atoms with E-state index in [0.29, 0.717) is 12.7 Å². The maximum Gasteiger partial charge on any atom is 0.408 e. The third kappa shape index (κ3) is 5.73. The number of aldehydes is 1. The molecule has 0 fully saturated rings. The van der Waals surface area contributed by atoms with Gasteiger partial charge in [-0.15, -0.1) is 0 Å². The molecule has 0 radical (unpaired) electrons. The summed E-state index contributed by atoms with van der Waals surface area (Å²) >= 11 is 0. The fourth-order valence-electron chi connectivity index (χ4n) is 1.61. The minimum absolute atomic E-state index is 0.409. The van der Waals surface area contributed by atoms with Crippen LogP contribution in [0.1, 0.15) is 26.3 Å². The van der Waals surface area contributed by atoms with E-state index in [-0.39, 0.29) is 0 Å². The number of methoxy groups -OCH3 is 1. The number of hydrogen-bond donors (Lipinski definition) is 1. The van der Waals surface area contributed by atoms with Crippen molar-refractivity contribution in [3.05, 3.63) is 29.8 Å². The molecule has 0 heterocycles. The van der Waals surface area contributed by atoms with Gasteiger partial charge < -0.3 is 19.6 Å². The monoisotopic (exact) mass is 279 g/mol. The van der Waals surface area contributed by atoms with Gasteiger partial charge in [0.2, 0.25) is 0 Å². The molecule has 110 valence electrons. The molecule has 0 aliphatic rings. The van der Waals surface area contributed by atoms with E-state index in [2.05, 4.69) is 5.32 Å². The number of rotatable bonds is 5. The van der Waals surface area contributed by atoms with Crippen molar-refractivity contribution in [2.24, 2.45) is 0 Å². The number of ether oxygens (including phenoxy) is 2. The highest BCUT2D eigenvalue weighted by atomic mass is 16.6. The van der Waals surface area contributed by atoms with E-state index in [9.17, 15) is 9.59 Å². The predicted octanol–water partition coefficient (Wildman–Crippen LogP) is 2.33. The maximum atomic E-state index is 11.6. The number of alkyl carbamates (subject to hydrolysis) is 1. The average Bonchev–Trinajstić information content (AvgIpc) is 2.36. The van der Waals surface area contributed by atoms with E-state index in [1.54, 1.807) is 27.9 Å². The number of nitrogens with one attached hydrogen (secondary N) is 1. The largest absolute Gasteiger partial charge is 0.497 e. The molecule has 0 aliphatic carbocycles. The van der Waals surface area contributed by atoms with Gasteiger partial charge >= 0.3 is 6.09 Å². The molecule has 0 unspecified atom stereocenters.